The molecule has 1 aliphatic rings. The number of ether oxygens (including phenoxy) is 1. The number of aliphatic hydroxyl groups excluding tert-OH is 1. The molecule has 1 fully saturated rings. The van der Waals surface area contributed by atoms with Crippen molar-refractivity contribution in [3.8, 4) is 0 Å². The molecule has 0 amide bonds. The van der Waals surface area contributed by atoms with E-state index < -0.39 is 0 Å². The molecule has 0 aliphatic heterocycles. The fourth-order valence-corrected chi connectivity index (χ4v) is 1.46. The van der Waals surface area contributed by atoms with Gasteiger partial charge >= 0.3 is 0 Å². The van der Waals surface area contributed by atoms with Crippen molar-refractivity contribution in [3.05, 3.63) is 0 Å². The largest absolute Gasteiger partial charge is 0.392 e. The molecule has 1 rings (SSSR count). The molecule has 0 saturated heterocycles. The summed E-state index contributed by atoms with van der Waals surface area (Å²) < 4.78 is 5.46. The topological polar surface area (TPSA) is 41.5 Å². The normalized spacial score (nSPS) is 18.4. The maximum Gasteiger partial charge on any atom is 0.0692 e. The van der Waals surface area contributed by atoms with Gasteiger partial charge in [-0.1, -0.05) is 13.8 Å². The summed E-state index contributed by atoms with van der Waals surface area (Å²) >= 11 is 0. The third-order valence-corrected chi connectivity index (χ3v) is 2.78. The molecule has 15 heavy (non-hydrogen) atoms. The van der Waals surface area contributed by atoms with Gasteiger partial charge in [0.25, 0.3) is 0 Å². The monoisotopic (exact) mass is 215 g/mol. The van der Waals surface area contributed by atoms with Crippen LogP contribution in [0.3, 0.4) is 0 Å². The maximum absolute atomic E-state index is 9.56. The van der Waals surface area contributed by atoms with Crippen LogP contribution in [0.15, 0.2) is 0 Å². The summed E-state index contributed by atoms with van der Waals surface area (Å²) in [7, 11) is 0. The Morgan fingerprint density at radius 2 is 2.07 bits per heavy atom. The smallest absolute Gasteiger partial charge is 0.0692 e. The van der Waals surface area contributed by atoms with Gasteiger partial charge in [-0.15, -0.1) is 0 Å². The van der Waals surface area contributed by atoms with Gasteiger partial charge in [0.1, 0.15) is 0 Å². The molecule has 0 aromatic heterocycles. The van der Waals surface area contributed by atoms with E-state index >= 15 is 0 Å². The molecule has 1 unspecified atom stereocenters. The Hall–Kier alpha value is -0.120. The quantitative estimate of drug-likeness (QED) is 0.571. The minimum absolute atomic E-state index is 0.138. The Kier molecular flexibility index (Phi) is 6.22. The Morgan fingerprint density at radius 3 is 2.67 bits per heavy atom. The predicted molar refractivity (Wildman–Crippen MR) is 61.9 cm³/mol. The highest BCUT2D eigenvalue weighted by atomic mass is 16.5. The minimum Gasteiger partial charge on any atom is -0.392 e. The van der Waals surface area contributed by atoms with Gasteiger partial charge in [-0.2, -0.15) is 0 Å². The fourth-order valence-electron chi connectivity index (χ4n) is 1.46. The Bertz CT molecular complexity index is 158. The van der Waals surface area contributed by atoms with E-state index in [4.69, 9.17) is 4.74 Å². The van der Waals surface area contributed by atoms with Crippen molar-refractivity contribution in [2.24, 2.45) is 11.8 Å². The molecule has 1 atom stereocenters. The SMILES string of the molecule is CC(C)CCOCCNCC(O)C1CC1. The first-order valence-corrected chi connectivity index (χ1v) is 6.16. The molecule has 0 aromatic rings. The average Bonchev–Trinajstić information content (AvgIpc) is 2.98. The lowest BCUT2D eigenvalue weighted by molar-refractivity contribution is 0.115. The van der Waals surface area contributed by atoms with Gasteiger partial charge in [-0.05, 0) is 31.1 Å². The lowest BCUT2D eigenvalue weighted by atomic mass is 10.1. The van der Waals surface area contributed by atoms with Crippen LogP contribution >= 0.6 is 0 Å². The fraction of sp³-hybridized carbons (Fsp3) is 1.00. The lowest BCUT2D eigenvalue weighted by Crippen LogP contribution is -2.30. The highest BCUT2D eigenvalue weighted by Crippen LogP contribution is 2.32. The van der Waals surface area contributed by atoms with Crippen molar-refractivity contribution in [2.75, 3.05) is 26.3 Å². The molecule has 0 heterocycles. The van der Waals surface area contributed by atoms with Crippen molar-refractivity contribution >= 4 is 0 Å². The van der Waals surface area contributed by atoms with Crippen LogP contribution in [0.25, 0.3) is 0 Å². The number of nitrogens with one attached hydrogen (secondary N) is 1. The summed E-state index contributed by atoms with van der Waals surface area (Å²) in [6.07, 6.45) is 3.40. The molecule has 0 aromatic carbocycles. The van der Waals surface area contributed by atoms with Crippen molar-refractivity contribution in [2.45, 2.75) is 39.2 Å². The molecular formula is C12H25NO2. The van der Waals surface area contributed by atoms with Gasteiger partial charge in [0.15, 0.2) is 0 Å². The van der Waals surface area contributed by atoms with Crippen LogP contribution in [0.4, 0.5) is 0 Å². The summed E-state index contributed by atoms with van der Waals surface area (Å²) in [5.74, 6) is 1.29. The van der Waals surface area contributed by atoms with Crippen LogP contribution in [0.1, 0.15) is 33.1 Å². The summed E-state index contributed by atoms with van der Waals surface area (Å²) in [5.41, 5.74) is 0. The second kappa shape index (κ2) is 7.20. The van der Waals surface area contributed by atoms with E-state index in [2.05, 4.69) is 19.2 Å². The zero-order chi connectivity index (χ0) is 11.1. The van der Waals surface area contributed by atoms with E-state index in [0.717, 1.165) is 38.6 Å². The van der Waals surface area contributed by atoms with Crippen molar-refractivity contribution < 1.29 is 9.84 Å². The Balaban J connectivity index is 1.76. The van der Waals surface area contributed by atoms with Crippen LogP contribution in [0.5, 0.6) is 0 Å². The first kappa shape index (κ1) is 12.9. The van der Waals surface area contributed by atoms with Crippen LogP contribution in [-0.2, 0) is 4.74 Å². The van der Waals surface area contributed by atoms with Crippen LogP contribution < -0.4 is 5.32 Å². The zero-order valence-corrected chi connectivity index (χ0v) is 10.0. The summed E-state index contributed by atoms with van der Waals surface area (Å²) in [6.45, 7) is 7.58. The molecule has 3 heteroatoms. The van der Waals surface area contributed by atoms with Crippen LogP contribution in [0.2, 0.25) is 0 Å². The minimum atomic E-state index is -0.138. The van der Waals surface area contributed by atoms with E-state index in [1.165, 1.54) is 12.8 Å². The van der Waals surface area contributed by atoms with Gasteiger partial charge in [0, 0.05) is 19.7 Å². The summed E-state index contributed by atoms with van der Waals surface area (Å²) in [5, 5.41) is 12.8. The molecule has 90 valence electrons. The Labute approximate surface area is 93.2 Å². The van der Waals surface area contributed by atoms with Gasteiger partial charge in [-0.25, -0.2) is 0 Å². The van der Waals surface area contributed by atoms with Gasteiger partial charge < -0.3 is 15.2 Å². The van der Waals surface area contributed by atoms with E-state index in [-0.39, 0.29) is 6.10 Å². The maximum atomic E-state index is 9.56. The number of aliphatic hydroxyl groups is 1. The zero-order valence-electron chi connectivity index (χ0n) is 10.0. The van der Waals surface area contributed by atoms with Gasteiger partial charge in [-0.3, -0.25) is 0 Å². The van der Waals surface area contributed by atoms with E-state index in [0.29, 0.717) is 5.92 Å². The third-order valence-electron chi connectivity index (χ3n) is 2.78. The molecule has 3 nitrogen and oxygen atoms in total. The highest BCUT2D eigenvalue weighted by molar-refractivity contribution is 4.81. The van der Waals surface area contributed by atoms with Crippen molar-refractivity contribution in [3.63, 3.8) is 0 Å². The first-order chi connectivity index (χ1) is 7.20. The Morgan fingerprint density at radius 1 is 1.33 bits per heavy atom. The van der Waals surface area contributed by atoms with Crippen LogP contribution in [-0.4, -0.2) is 37.5 Å². The van der Waals surface area contributed by atoms with Crippen LogP contribution in [0, 0.1) is 11.8 Å². The lowest BCUT2D eigenvalue weighted by Gasteiger charge is -2.11. The second-order valence-electron chi connectivity index (χ2n) is 4.90. The molecule has 0 radical (unpaired) electrons. The molecule has 2 N–H and O–H groups in total. The third kappa shape index (κ3) is 6.88. The number of rotatable bonds is 9. The second-order valence-corrected chi connectivity index (χ2v) is 4.90. The number of hydrogen-bond acceptors (Lipinski definition) is 3. The average molecular weight is 215 g/mol. The van der Waals surface area contributed by atoms with E-state index in [9.17, 15) is 5.11 Å². The molecule has 0 bridgehead atoms. The molecular weight excluding hydrogens is 190 g/mol. The summed E-state index contributed by atoms with van der Waals surface area (Å²) in [4.78, 5) is 0. The number of hydrogen-bond donors (Lipinski definition) is 2. The van der Waals surface area contributed by atoms with Crippen molar-refractivity contribution in [1.29, 1.82) is 0 Å². The van der Waals surface area contributed by atoms with E-state index in [1.54, 1.807) is 0 Å². The van der Waals surface area contributed by atoms with E-state index in [1.807, 2.05) is 0 Å². The standard InChI is InChI=1S/C12H25NO2/c1-10(2)5-7-15-8-6-13-9-12(14)11-3-4-11/h10-14H,3-9H2,1-2H3. The summed E-state index contributed by atoms with van der Waals surface area (Å²) in [6, 6.07) is 0. The highest BCUT2D eigenvalue weighted by Gasteiger charge is 2.28. The molecule has 1 saturated carbocycles. The van der Waals surface area contributed by atoms with Gasteiger partial charge in [0.2, 0.25) is 0 Å². The van der Waals surface area contributed by atoms with Crippen molar-refractivity contribution in [1.82, 2.24) is 5.32 Å². The van der Waals surface area contributed by atoms with Gasteiger partial charge in [0.05, 0.1) is 12.7 Å². The molecule has 1 aliphatic carbocycles. The molecule has 0 spiro atoms. The first-order valence-electron chi connectivity index (χ1n) is 6.16. The predicted octanol–water partition coefficient (Wildman–Crippen LogP) is 1.41.